The molecule has 9 heteroatoms. The second-order valence-electron chi connectivity index (χ2n) is 5.34. The maximum absolute atomic E-state index is 12.7. The van der Waals surface area contributed by atoms with Gasteiger partial charge in [-0.2, -0.15) is 13.2 Å². The number of para-hydroxylation sites is 1. The van der Waals surface area contributed by atoms with E-state index in [4.69, 9.17) is 11.1 Å². The van der Waals surface area contributed by atoms with E-state index in [1.54, 1.807) is 30.3 Å². The van der Waals surface area contributed by atoms with Crippen LogP contribution in [0.3, 0.4) is 0 Å². The van der Waals surface area contributed by atoms with Crippen LogP contribution in [0.2, 0.25) is 0 Å². The summed E-state index contributed by atoms with van der Waals surface area (Å²) in [6.45, 7) is 0. The highest BCUT2D eigenvalue weighted by atomic mass is 19.4. The Morgan fingerprint density at radius 3 is 2.46 bits per heavy atom. The van der Waals surface area contributed by atoms with Gasteiger partial charge in [-0.3, -0.25) is 10.2 Å². The van der Waals surface area contributed by atoms with Crippen LogP contribution in [-0.4, -0.2) is 23.7 Å². The number of aliphatic imine (C=N–C) groups is 2. The summed E-state index contributed by atoms with van der Waals surface area (Å²) in [4.78, 5) is 20.0. The Bertz CT molecular complexity index is 934. The maximum Gasteiger partial charge on any atom is 0.416 e. The Kier molecular flexibility index (Phi) is 6.80. The maximum atomic E-state index is 12.7. The molecule has 0 aliphatic heterocycles. The third-order valence-corrected chi connectivity index (χ3v) is 3.33. The molecule has 0 aromatic heterocycles. The molecule has 0 saturated carbocycles. The quantitative estimate of drug-likeness (QED) is 0.397. The third-order valence-electron chi connectivity index (χ3n) is 3.33. The Balaban J connectivity index is 2.10. The van der Waals surface area contributed by atoms with E-state index >= 15 is 0 Å². The number of benzene rings is 2. The summed E-state index contributed by atoms with van der Waals surface area (Å²) in [7, 11) is 0. The van der Waals surface area contributed by atoms with E-state index in [1.807, 2.05) is 0 Å². The number of hydrogen-bond acceptors (Lipinski definition) is 4. The number of nitrogens with zero attached hydrogens (tertiary/aromatic N) is 2. The molecule has 144 valence electrons. The average Bonchev–Trinajstić information content (AvgIpc) is 2.67. The lowest BCUT2D eigenvalue weighted by molar-refractivity contribution is -0.137. The van der Waals surface area contributed by atoms with Crippen LogP contribution < -0.4 is 11.1 Å². The summed E-state index contributed by atoms with van der Waals surface area (Å²) in [6, 6.07) is 13.1. The van der Waals surface area contributed by atoms with Crippen LogP contribution in [0.1, 0.15) is 5.56 Å². The second kappa shape index (κ2) is 9.26. The van der Waals surface area contributed by atoms with Crippen molar-refractivity contribution in [2.45, 2.75) is 6.18 Å². The summed E-state index contributed by atoms with van der Waals surface area (Å²) >= 11 is 0. The molecule has 0 fully saturated rings. The van der Waals surface area contributed by atoms with Gasteiger partial charge in [-0.05, 0) is 30.3 Å². The fourth-order valence-corrected chi connectivity index (χ4v) is 2.04. The second-order valence-corrected chi connectivity index (χ2v) is 5.34. The van der Waals surface area contributed by atoms with E-state index < -0.39 is 23.2 Å². The summed E-state index contributed by atoms with van der Waals surface area (Å²) in [6.07, 6.45) is -1.43. The summed E-state index contributed by atoms with van der Waals surface area (Å²) in [5.41, 5.74) is 4.52. The van der Waals surface area contributed by atoms with E-state index in [-0.39, 0.29) is 11.5 Å². The number of nitrogens with one attached hydrogen (secondary N) is 2. The third kappa shape index (κ3) is 5.90. The van der Waals surface area contributed by atoms with Crippen LogP contribution in [0.4, 0.5) is 24.5 Å². The fraction of sp³-hybridized carbons (Fsp3) is 0.0526. The molecule has 0 atom stereocenters. The fourth-order valence-electron chi connectivity index (χ4n) is 2.04. The number of nitrogens with two attached hydrogens (primary N) is 1. The Labute approximate surface area is 158 Å². The van der Waals surface area contributed by atoms with Crippen LogP contribution in [0.5, 0.6) is 0 Å². The molecule has 28 heavy (non-hydrogen) atoms. The molecule has 2 rings (SSSR count). The SMILES string of the molecule is N=C(C(=O)/C=C\Nc1cccc(C(F)(F)F)c1)C(N=CN)=Nc1ccccc1. The van der Waals surface area contributed by atoms with Gasteiger partial charge in [-0.1, -0.05) is 24.3 Å². The zero-order chi connectivity index (χ0) is 20.6. The molecular formula is C19H16F3N5O. The molecule has 0 heterocycles. The van der Waals surface area contributed by atoms with Crippen LogP contribution in [0.25, 0.3) is 0 Å². The Hall–Kier alpha value is -3.75. The minimum absolute atomic E-state index is 0.142. The lowest BCUT2D eigenvalue weighted by Gasteiger charge is -2.08. The first-order chi connectivity index (χ1) is 13.3. The molecule has 0 amide bonds. The number of halogens is 3. The van der Waals surface area contributed by atoms with Gasteiger partial charge in [0.05, 0.1) is 17.6 Å². The van der Waals surface area contributed by atoms with E-state index in [9.17, 15) is 18.0 Å². The molecule has 2 aromatic rings. The number of hydrogen-bond donors (Lipinski definition) is 3. The molecule has 0 aliphatic carbocycles. The first-order valence-electron chi connectivity index (χ1n) is 7.93. The van der Waals surface area contributed by atoms with Crippen molar-refractivity contribution in [3.05, 3.63) is 72.4 Å². The number of ketones is 1. The van der Waals surface area contributed by atoms with Crippen LogP contribution >= 0.6 is 0 Å². The summed E-state index contributed by atoms with van der Waals surface area (Å²) < 4.78 is 38.1. The number of allylic oxidation sites excluding steroid dienone is 1. The standard InChI is InChI=1S/C19H16F3N5O/c20-19(21,22)13-5-4-8-15(11-13)25-10-9-16(28)17(24)18(26-12-23)27-14-6-2-1-3-7-14/h1-12,24-25H,(H2,23,26,27)/b10-9-,24-17?. The van der Waals surface area contributed by atoms with Gasteiger partial charge in [-0.15, -0.1) is 0 Å². The van der Waals surface area contributed by atoms with E-state index in [0.717, 1.165) is 30.7 Å². The van der Waals surface area contributed by atoms with Crippen molar-refractivity contribution < 1.29 is 18.0 Å². The van der Waals surface area contributed by atoms with Crippen LogP contribution in [0, 0.1) is 5.41 Å². The van der Waals surface area contributed by atoms with Gasteiger partial charge in [0.1, 0.15) is 5.71 Å². The predicted octanol–water partition coefficient (Wildman–Crippen LogP) is 3.94. The van der Waals surface area contributed by atoms with Crippen molar-refractivity contribution in [1.82, 2.24) is 0 Å². The predicted molar refractivity (Wildman–Crippen MR) is 103 cm³/mol. The van der Waals surface area contributed by atoms with Crippen molar-refractivity contribution in [2.75, 3.05) is 5.32 Å². The first kappa shape index (κ1) is 20.6. The average molecular weight is 387 g/mol. The van der Waals surface area contributed by atoms with Gasteiger partial charge in [0.25, 0.3) is 0 Å². The zero-order valence-electron chi connectivity index (χ0n) is 14.4. The van der Waals surface area contributed by atoms with E-state index in [1.165, 1.54) is 12.1 Å². The molecule has 0 saturated heterocycles. The highest BCUT2D eigenvalue weighted by Crippen LogP contribution is 2.30. The van der Waals surface area contributed by atoms with Crippen LogP contribution in [-0.2, 0) is 11.0 Å². The largest absolute Gasteiger partial charge is 0.416 e. The minimum Gasteiger partial charge on any atom is -0.390 e. The lowest BCUT2D eigenvalue weighted by atomic mass is 10.2. The van der Waals surface area contributed by atoms with Gasteiger partial charge in [0.2, 0.25) is 5.78 Å². The topological polar surface area (TPSA) is 104 Å². The summed E-state index contributed by atoms with van der Waals surface area (Å²) in [5.74, 6) is -0.942. The smallest absolute Gasteiger partial charge is 0.390 e. The van der Waals surface area contributed by atoms with Gasteiger partial charge >= 0.3 is 6.18 Å². The first-order valence-corrected chi connectivity index (χ1v) is 7.93. The minimum atomic E-state index is -4.47. The Morgan fingerprint density at radius 2 is 1.82 bits per heavy atom. The highest BCUT2D eigenvalue weighted by molar-refractivity contribution is 6.68. The monoisotopic (exact) mass is 387 g/mol. The van der Waals surface area contributed by atoms with Gasteiger partial charge in [0.15, 0.2) is 5.84 Å². The molecule has 6 nitrogen and oxygen atoms in total. The van der Waals surface area contributed by atoms with Gasteiger partial charge in [-0.25, -0.2) is 9.98 Å². The number of anilines is 1. The normalized spacial score (nSPS) is 12.5. The van der Waals surface area contributed by atoms with Crippen molar-refractivity contribution in [2.24, 2.45) is 15.7 Å². The molecule has 0 bridgehead atoms. The molecule has 4 N–H and O–H groups in total. The number of amidine groups is 1. The number of rotatable bonds is 6. The molecule has 0 spiro atoms. The number of carbonyl (C=O) groups is 1. The molecule has 0 aliphatic rings. The number of alkyl halides is 3. The number of carbonyl (C=O) groups excluding carboxylic acids is 1. The van der Waals surface area contributed by atoms with Gasteiger partial charge in [0, 0.05) is 18.0 Å². The van der Waals surface area contributed by atoms with E-state index in [0.29, 0.717) is 5.69 Å². The van der Waals surface area contributed by atoms with Crippen molar-refractivity contribution in [3.63, 3.8) is 0 Å². The lowest BCUT2D eigenvalue weighted by Crippen LogP contribution is -2.21. The molecule has 0 radical (unpaired) electrons. The molecule has 0 unspecified atom stereocenters. The Morgan fingerprint density at radius 1 is 1.11 bits per heavy atom. The zero-order valence-corrected chi connectivity index (χ0v) is 14.4. The van der Waals surface area contributed by atoms with Gasteiger partial charge < -0.3 is 11.1 Å². The van der Waals surface area contributed by atoms with Crippen molar-refractivity contribution >= 4 is 35.0 Å². The molecular weight excluding hydrogens is 371 g/mol. The summed E-state index contributed by atoms with van der Waals surface area (Å²) in [5, 5.41) is 10.5. The van der Waals surface area contributed by atoms with Crippen LogP contribution in [0.15, 0.2) is 76.9 Å². The van der Waals surface area contributed by atoms with E-state index in [2.05, 4.69) is 15.3 Å². The highest BCUT2D eigenvalue weighted by Gasteiger charge is 2.30. The molecule has 2 aromatic carbocycles. The van der Waals surface area contributed by atoms with Crippen molar-refractivity contribution in [1.29, 1.82) is 5.41 Å². The van der Waals surface area contributed by atoms with Crippen molar-refractivity contribution in [3.8, 4) is 0 Å².